The number of rotatable bonds is 4. The SMILES string of the molecule is Cc1ccc(-c2ccc(OC(=O)Cc3ccc(Cl)c(Cl)c3)c(C)c2)cc1. The lowest BCUT2D eigenvalue weighted by Crippen LogP contribution is -2.12. The maximum atomic E-state index is 12.2. The lowest BCUT2D eigenvalue weighted by Gasteiger charge is -2.10. The van der Waals surface area contributed by atoms with Crippen LogP contribution in [0, 0.1) is 13.8 Å². The Kier molecular flexibility index (Phi) is 5.65. The van der Waals surface area contributed by atoms with E-state index in [1.54, 1.807) is 18.2 Å². The third-order valence-electron chi connectivity index (χ3n) is 4.12. The van der Waals surface area contributed by atoms with E-state index in [1.165, 1.54) is 5.56 Å². The third kappa shape index (κ3) is 4.46. The Morgan fingerprint density at radius 3 is 2.19 bits per heavy atom. The van der Waals surface area contributed by atoms with E-state index in [9.17, 15) is 4.79 Å². The van der Waals surface area contributed by atoms with Gasteiger partial charge in [0.05, 0.1) is 16.5 Å². The zero-order chi connectivity index (χ0) is 18.7. The molecule has 0 amide bonds. The highest BCUT2D eigenvalue weighted by Crippen LogP contribution is 2.27. The highest BCUT2D eigenvalue weighted by molar-refractivity contribution is 6.42. The molecule has 0 aliphatic heterocycles. The largest absolute Gasteiger partial charge is 0.426 e. The zero-order valence-corrected chi connectivity index (χ0v) is 16.1. The van der Waals surface area contributed by atoms with E-state index in [0.717, 1.165) is 22.3 Å². The third-order valence-corrected chi connectivity index (χ3v) is 4.86. The Bertz CT molecular complexity index is 947. The second-order valence-corrected chi connectivity index (χ2v) is 7.06. The van der Waals surface area contributed by atoms with Crippen molar-refractivity contribution in [3.63, 3.8) is 0 Å². The molecule has 0 aliphatic rings. The Hall–Kier alpha value is -2.29. The topological polar surface area (TPSA) is 26.3 Å². The summed E-state index contributed by atoms with van der Waals surface area (Å²) >= 11 is 11.9. The van der Waals surface area contributed by atoms with Gasteiger partial charge in [-0.15, -0.1) is 0 Å². The molecular weight excluding hydrogens is 367 g/mol. The normalized spacial score (nSPS) is 10.6. The van der Waals surface area contributed by atoms with Crippen LogP contribution in [-0.2, 0) is 11.2 Å². The van der Waals surface area contributed by atoms with Gasteiger partial charge in [0.15, 0.2) is 0 Å². The molecule has 0 N–H and O–H groups in total. The van der Waals surface area contributed by atoms with Crippen LogP contribution in [-0.4, -0.2) is 5.97 Å². The number of esters is 1. The van der Waals surface area contributed by atoms with Gasteiger partial charge in [-0.25, -0.2) is 0 Å². The lowest BCUT2D eigenvalue weighted by atomic mass is 10.0. The molecule has 3 rings (SSSR count). The van der Waals surface area contributed by atoms with Gasteiger partial charge in [-0.2, -0.15) is 0 Å². The fourth-order valence-electron chi connectivity index (χ4n) is 2.66. The average Bonchev–Trinajstić information content (AvgIpc) is 2.60. The monoisotopic (exact) mass is 384 g/mol. The zero-order valence-electron chi connectivity index (χ0n) is 14.6. The predicted molar refractivity (Wildman–Crippen MR) is 107 cm³/mol. The van der Waals surface area contributed by atoms with Crippen LogP contribution in [0.2, 0.25) is 10.0 Å². The van der Waals surface area contributed by atoms with Crippen LogP contribution < -0.4 is 4.74 Å². The summed E-state index contributed by atoms with van der Waals surface area (Å²) in [6, 6.07) is 19.3. The first-order chi connectivity index (χ1) is 12.4. The van der Waals surface area contributed by atoms with Gasteiger partial charge in [0.25, 0.3) is 0 Å². The van der Waals surface area contributed by atoms with Crippen molar-refractivity contribution in [3.8, 4) is 16.9 Å². The number of carbonyl (C=O) groups excluding carboxylic acids is 1. The first-order valence-corrected chi connectivity index (χ1v) is 9.00. The first-order valence-electron chi connectivity index (χ1n) is 8.24. The van der Waals surface area contributed by atoms with Crippen molar-refractivity contribution in [1.29, 1.82) is 0 Å². The van der Waals surface area contributed by atoms with Crippen LogP contribution in [0.15, 0.2) is 60.7 Å². The molecule has 0 heterocycles. The molecule has 0 saturated heterocycles. The summed E-state index contributed by atoms with van der Waals surface area (Å²) in [4.78, 5) is 12.2. The predicted octanol–water partition coefficient (Wildman–Crippen LogP) is 6.43. The first kappa shape index (κ1) is 18.5. The molecule has 3 aromatic carbocycles. The highest BCUT2D eigenvalue weighted by atomic mass is 35.5. The van der Waals surface area contributed by atoms with E-state index in [1.807, 2.05) is 25.1 Å². The van der Waals surface area contributed by atoms with Crippen molar-refractivity contribution in [2.24, 2.45) is 0 Å². The number of halogens is 2. The summed E-state index contributed by atoms with van der Waals surface area (Å²) in [5.41, 5.74) is 5.11. The minimum absolute atomic E-state index is 0.135. The van der Waals surface area contributed by atoms with E-state index >= 15 is 0 Å². The van der Waals surface area contributed by atoms with Crippen LogP contribution in [0.5, 0.6) is 5.75 Å². The molecule has 0 aliphatic carbocycles. The molecule has 2 nitrogen and oxygen atoms in total. The Labute approximate surface area is 163 Å². The molecule has 4 heteroatoms. The van der Waals surface area contributed by atoms with Gasteiger partial charge in [0, 0.05) is 0 Å². The molecule has 0 atom stereocenters. The summed E-state index contributed by atoms with van der Waals surface area (Å²) in [7, 11) is 0. The number of carbonyl (C=O) groups is 1. The van der Waals surface area contributed by atoms with Gasteiger partial charge in [0.1, 0.15) is 5.75 Å². The van der Waals surface area contributed by atoms with Crippen LogP contribution in [0.25, 0.3) is 11.1 Å². The van der Waals surface area contributed by atoms with E-state index in [-0.39, 0.29) is 12.4 Å². The highest BCUT2D eigenvalue weighted by Gasteiger charge is 2.11. The van der Waals surface area contributed by atoms with Crippen molar-refractivity contribution >= 4 is 29.2 Å². The van der Waals surface area contributed by atoms with Crippen LogP contribution >= 0.6 is 23.2 Å². The molecule has 0 spiro atoms. The minimum atomic E-state index is -0.338. The fraction of sp³-hybridized carbons (Fsp3) is 0.136. The van der Waals surface area contributed by atoms with Gasteiger partial charge >= 0.3 is 5.97 Å². The van der Waals surface area contributed by atoms with Gasteiger partial charge < -0.3 is 4.74 Å². The molecule has 26 heavy (non-hydrogen) atoms. The van der Waals surface area contributed by atoms with Crippen LogP contribution in [0.1, 0.15) is 16.7 Å². The van der Waals surface area contributed by atoms with E-state index < -0.39 is 0 Å². The van der Waals surface area contributed by atoms with Gasteiger partial charge in [0.2, 0.25) is 0 Å². The molecule has 0 aromatic heterocycles. The lowest BCUT2D eigenvalue weighted by molar-refractivity contribution is -0.133. The second-order valence-electron chi connectivity index (χ2n) is 6.25. The van der Waals surface area contributed by atoms with Crippen molar-refractivity contribution in [1.82, 2.24) is 0 Å². The quantitative estimate of drug-likeness (QED) is 0.382. The molecule has 0 unspecified atom stereocenters. The summed E-state index contributed by atoms with van der Waals surface area (Å²) in [5.74, 6) is 0.223. The molecule has 132 valence electrons. The number of hydrogen-bond donors (Lipinski definition) is 0. The minimum Gasteiger partial charge on any atom is -0.426 e. The Morgan fingerprint density at radius 2 is 1.54 bits per heavy atom. The Balaban J connectivity index is 1.72. The standard InChI is InChI=1S/C22H18Cl2O2/c1-14-3-6-17(7-4-14)18-8-10-21(15(2)11-18)26-22(25)13-16-5-9-19(23)20(24)12-16/h3-12H,13H2,1-2H3. The van der Waals surface area contributed by atoms with Crippen LogP contribution in [0.3, 0.4) is 0 Å². The molecule has 0 bridgehead atoms. The second kappa shape index (κ2) is 7.94. The molecule has 0 fully saturated rings. The van der Waals surface area contributed by atoms with E-state index in [0.29, 0.717) is 15.8 Å². The molecular formula is C22H18Cl2O2. The summed E-state index contributed by atoms with van der Waals surface area (Å²) in [6.07, 6.45) is 0.135. The Morgan fingerprint density at radius 1 is 0.846 bits per heavy atom. The maximum Gasteiger partial charge on any atom is 0.315 e. The van der Waals surface area contributed by atoms with Crippen molar-refractivity contribution in [2.75, 3.05) is 0 Å². The number of hydrogen-bond acceptors (Lipinski definition) is 2. The van der Waals surface area contributed by atoms with Gasteiger partial charge in [-0.05, 0) is 60.4 Å². The van der Waals surface area contributed by atoms with Crippen LogP contribution in [0.4, 0.5) is 0 Å². The molecule has 0 radical (unpaired) electrons. The number of ether oxygens (including phenoxy) is 1. The fourth-order valence-corrected chi connectivity index (χ4v) is 2.99. The van der Waals surface area contributed by atoms with Crippen molar-refractivity contribution in [3.05, 3.63) is 87.4 Å². The van der Waals surface area contributed by atoms with Crippen molar-refractivity contribution < 1.29 is 9.53 Å². The smallest absolute Gasteiger partial charge is 0.315 e. The average molecular weight is 385 g/mol. The summed E-state index contributed by atoms with van der Waals surface area (Å²) in [5, 5.41) is 0.891. The number of benzene rings is 3. The molecule has 0 saturated carbocycles. The molecule has 3 aromatic rings. The number of aryl methyl sites for hydroxylation is 2. The maximum absolute atomic E-state index is 12.2. The van der Waals surface area contributed by atoms with E-state index in [4.69, 9.17) is 27.9 Å². The van der Waals surface area contributed by atoms with Crippen molar-refractivity contribution in [2.45, 2.75) is 20.3 Å². The summed E-state index contributed by atoms with van der Waals surface area (Å²) < 4.78 is 5.51. The summed E-state index contributed by atoms with van der Waals surface area (Å²) in [6.45, 7) is 3.99. The van der Waals surface area contributed by atoms with Gasteiger partial charge in [-0.3, -0.25) is 4.79 Å². The van der Waals surface area contributed by atoms with Gasteiger partial charge in [-0.1, -0.05) is 65.2 Å². The van der Waals surface area contributed by atoms with E-state index in [2.05, 4.69) is 31.2 Å².